The van der Waals surface area contributed by atoms with Crippen LogP contribution in [0.2, 0.25) is 6.04 Å². The van der Waals surface area contributed by atoms with E-state index in [1.54, 1.807) is 0 Å². The monoisotopic (exact) mass is 373 g/mol. The van der Waals surface area contributed by atoms with Crippen molar-refractivity contribution in [1.82, 2.24) is 15.1 Å². The second-order valence-electron chi connectivity index (χ2n) is 8.43. The minimum atomic E-state index is -0.395. The minimum absolute atomic E-state index is 0.0418. The summed E-state index contributed by atoms with van der Waals surface area (Å²) < 4.78 is 6.02. The van der Waals surface area contributed by atoms with Crippen molar-refractivity contribution in [3.8, 4) is 0 Å². The topological polar surface area (TPSA) is 27.7 Å². The molecule has 0 bridgehead atoms. The van der Waals surface area contributed by atoms with E-state index >= 15 is 0 Å². The first-order valence-corrected chi connectivity index (χ1v) is 12.1. The van der Waals surface area contributed by atoms with Crippen LogP contribution >= 0.6 is 0 Å². The molecule has 5 heteroatoms. The smallest absolute Gasteiger partial charge is 0.163 e. The van der Waals surface area contributed by atoms with Gasteiger partial charge in [-0.2, -0.15) is 0 Å². The fourth-order valence-electron chi connectivity index (χ4n) is 2.86. The number of hydrogen-bond donors (Lipinski definition) is 1. The highest BCUT2D eigenvalue weighted by molar-refractivity contribution is 6.27. The van der Waals surface area contributed by atoms with Crippen molar-refractivity contribution >= 4 is 9.76 Å². The van der Waals surface area contributed by atoms with E-state index in [4.69, 9.17) is 4.43 Å². The van der Waals surface area contributed by atoms with Crippen LogP contribution in [0.3, 0.4) is 0 Å². The van der Waals surface area contributed by atoms with Gasteiger partial charge in [-0.3, -0.25) is 0 Å². The number of nitrogens with zero attached hydrogens (tertiary/aromatic N) is 2. The molecule has 0 radical (unpaired) electrons. The van der Waals surface area contributed by atoms with Crippen molar-refractivity contribution in [2.75, 3.05) is 46.3 Å². The number of hydrogen-bond acceptors (Lipinski definition) is 4. The van der Waals surface area contributed by atoms with Crippen LogP contribution in [0.5, 0.6) is 0 Å². The second kappa shape index (κ2) is 15.1. The lowest BCUT2D eigenvalue weighted by Crippen LogP contribution is -2.34. The van der Waals surface area contributed by atoms with Gasteiger partial charge in [0.2, 0.25) is 0 Å². The van der Waals surface area contributed by atoms with E-state index in [1.165, 1.54) is 64.5 Å². The van der Waals surface area contributed by atoms with Crippen LogP contribution in [-0.2, 0) is 4.43 Å². The van der Waals surface area contributed by atoms with E-state index in [1.807, 2.05) is 0 Å². The zero-order valence-electron chi connectivity index (χ0n) is 18.4. The van der Waals surface area contributed by atoms with E-state index in [0.717, 1.165) is 6.54 Å². The predicted molar refractivity (Wildman–Crippen MR) is 115 cm³/mol. The van der Waals surface area contributed by atoms with E-state index < -0.39 is 9.76 Å². The van der Waals surface area contributed by atoms with Crippen molar-refractivity contribution in [2.45, 2.75) is 84.9 Å². The van der Waals surface area contributed by atoms with E-state index in [0.29, 0.717) is 6.04 Å². The molecule has 0 amide bonds. The Kier molecular flexibility index (Phi) is 15.2. The van der Waals surface area contributed by atoms with E-state index in [9.17, 15) is 0 Å². The first-order valence-electron chi connectivity index (χ1n) is 10.6. The van der Waals surface area contributed by atoms with Crippen LogP contribution in [0.1, 0.15) is 67.2 Å². The molecule has 4 nitrogen and oxygen atoms in total. The largest absolute Gasteiger partial charge is 0.419 e. The summed E-state index contributed by atoms with van der Waals surface area (Å²) in [7, 11) is 1.85. The third-order valence-electron chi connectivity index (χ3n) is 4.53. The molecule has 0 aromatic carbocycles. The molecule has 0 aliphatic heterocycles. The summed E-state index contributed by atoms with van der Waals surface area (Å²) in [6.45, 7) is 20.5. The van der Waals surface area contributed by atoms with Crippen molar-refractivity contribution in [3.63, 3.8) is 0 Å². The van der Waals surface area contributed by atoms with Gasteiger partial charge in [0.05, 0.1) is 0 Å². The molecular formula is C20H47N3OSi. The molecule has 0 aromatic rings. The molecule has 0 aliphatic carbocycles. The molecule has 1 N–H and O–H groups in total. The molecule has 0 saturated heterocycles. The van der Waals surface area contributed by atoms with Gasteiger partial charge in [0.1, 0.15) is 0 Å². The van der Waals surface area contributed by atoms with Gasteiger partial charge in [0.15, 0.2) is 9.76 Å². The van der Waals surface area contributed by atoms with Crippen LogP contribution in [0.15, 0.2) is 0 Å². The Morgan fingerprint density at radius 1 is 1.00 bits per heavy atom. The van der Waals surface area contributed by atoms with Crippen LogP contribution in [-0.4, -0.2) is 77.5 Å². The predicted octanol–water partition coefficient (Wildman–Crippen LogP) is 3.12. The molecule has 0 heterocycles. The summed E-state index contributed by atoms with van der Waals surface area (Å²) in [5, 5.41) is 3.61. The lowest BCUT2D eigenvalue weighted by Gasteiger charge is -2.25. The maximum Gasteiger partial charge on any atom is 0.163 e. The standard InChI is InChI=1S/C20H47N3OSi/c1-8-13-22(7)14-11-16-23(15-10-12-21-19(3)9-2)17-18-25-24-20(4,5)6/h19,21H,8-18,25H2,1-7H3. The lowest BCUT2D eigenvalue weighted by molar-refractivity contribution is 0.136. The lowest BCUT2D eigenvalue weighted by atomic mass is 10.2. The average molecular weight is 374 g/mol. The highest BCUT2D eigenvalue weighted by Gasteiger charge is 2.11. The summed E-state index contributed by atoms with van der Waals surface area (Å²) in [5.74, 6) is 0. The molecule has 152 valence electrons. The molecule has 0 rings (SSSR count). The Morgan fingerprint density at radius 2 is 1.68 bits per heavy atom. The normalized spacial score (nSPS) is 14.3. The summed E-state index contributed by atoms with van der Waals surface area (Å²) >= 11 is 0. The number of rotatable bonds is 16. The molecule has 0 aliphatic rings. The average Bonchev–Trinajstić information content (AvgIpc) is 2.53. The quantitative estimate of drug-likeness (QED) is 0.332. The van der Waals surface area contributed by atoms with Crippen LogP contribution in [0, 0.1) is 0 Å². The molecule has 0 saturated carbocycles. The SMILES string of the molecule is CCCN(C)CCCN(CCCNC(C)CC)CC[SiH2]OC(C)(C)C. The minimum Gasteiger partial charge on any atom is -0.419 e. The zero-order valence-corrected chi connectivity index (χ0v) is 19.8. The number of nitrogens with one attached hydrogen (secondary N) is 1. The maximum atomic E-state index is 6.02. The van der Waals surface area contributed by atoms with Crippen molar-refractivity contribution in [3.05, 3.63) is 0 Å². The fourth-order valence-corrected chi connectivity index (χ4v) is 4.19. The van der Waals surface area contributed by atoms with E-state index in [2.05, 4.69) is 63.7 Å². The van der Waals surface area contributed by atoms with Gasteiger partial charge < -0.3 is 19.5 Å². The third-order valence-corrected chi connectivity index (χ3v) is 6.20. The van der Waals surface area contributed by atoms with Crippen molar-refractivity contribution in [2.24, 2.45) is 0 Å². The molecule has 25 heavy (non-hydrogen) atoms. The first kappa shape index (κ1) is 25.1. The van der Waals surface area contributed by atoms with Gasteiger partial charge in [-0.1, -0.05) is 13.8 Å². The third kappa shape index (κ3) is 17.2. The molecule has 1 unspecified atom stereocenters. The van der Waals surface area contributed by atoms with E-state index in [-0.39, 0.29) is 5.60 Å². The highest BCUT2D eigenvalue weighted by atomic mass is 28.2. The molecule has 0 fully saturated rings. The Morgan fingerprint density at radius 3 is 2.28 bits per heavy atom. The Balaban J connectivity index is 4.07. The van der Waals surface area contributed by atoms with Gasteiger partial charge in [0, 0.05) is 11.6 Å². The summed E-state index contributed by atoms with van der Waals surface area (Å²) in [6, 6.07) is 1.91. The Hall–Kier alpha value is 0.0569. The second-order valence-corrected chi connectivity index (χ2v) is 9.83. The fraction of sp³-hybridized carbons (Fsp3) is 1.00. The van der Waals surface area contributed by atoms with Gasteiger partial charge in [-0.05, 0) is 106 Å². The van der Waals surface area contributed by atoms with Crippen LogP contribution in [0.25, 0.3) is 0 Å². The zero-order chi connectivity index (χ0) is 19.1. The summed E-state index contributed by atoms with van der Waals surface area (Å²) in [5.41, 5.74) is 0.0418. The van der Waals surface area contributed by atoms with Crippen molar-refractivity contribution < 1.29 is 4.43 Å². The Bertz CT molecular complexity index is 297. The summed E-state index contributed by atoms with van der Waals surface area (Å²) in [4.78, 5) is 5.12. The van der Waals surface area contributed by atoms with Crippen molar-refractivity contribution in [1.29, 1.82) is 0 Å². The molecular weight excluding hydrogens is 326 g/mol. The highest BCUT2D eigenvalue weighted by Crippen LogP contribution is 2.07. The van der Waals surface area contributed by atoms with Gasteiger partial charge in [-0.15, -0.1) is 0 Å². The van der Waals surface area contributed by atoms with Gasteiger partial charge >= 0.3 is 0 Å². The molecule has 0 aromatic heterocycles. The first-order chi connectivity index (χ1) is 11.8. The summed E-state index contributed by atoms with van der Waals surface area (Å²) in [6.07, 6.45) is 4.98. The molecule has 0 spiro atoms. The van der Waals surface area contributed by atoms with Crippen LogP contribution < -0.4 is 5.32 Å². The van der Waals surface area contributed by atoms with Gasteiger partial charge in [0.25, 0.3) is 0 Å². The Labute approximate surface area is 161 Å². The van der Waals surface area contributed by atoms with Gasteiger partial charge in [-0.25, -0.2) is 0 Å². The maximum absolute atomic E-state index is 6.02. The van der Waals surface area contributed by atoms with Crippen LogP contribution in [0.4, 0.5) is 0 Å². The molecule has 1 atom stereocenters.